The lowest BCUT2D eigenvalue weighted by molar-refractivity contribution is -0.129. The third-order valence-corrected chi connectivity index (χ3v) is 6.86. The number of ether oxygens (including phenoxy) is 1. The van der Waals surface area contributed by atoms with Gasteiger partial charge in [0.25, 0.3) is 0 Å². The zero-order valence-corrected chi connectivity index (χ0v) is 19.9. The summed E-state index contributed by atoms with van der Waals surface area (Å²) in [6, 6.07) is 12.9. The van der Waals surface area contributed by atoms with Crippen molar-refractivity contribution in [3.05, 3.63) is 54.4 Å². The van der Waals surface area contributed by atoms with Gasteiger partial charge in [-0.3, -0.25) is 14.7 Å². The molecule has 2 heterocycles. The van der Waals surface area contributed by atoms with E-state index in [9.17, 15) is 9.59 Å². The van der Waals surface area contributed by atoms with Crippen molar-refractivity contribution in [2.75, 3.05) is 45.2 Å². The van der Waals surface area contributed by atoms with Gasteiger partial charge < -0.3 is 20.3 Å². The second-order valence-corrected chi connectivity index (χ2v) is 9.03. The number of nitrogens with zero attached hydrogens (tertiary/aromatic N) is 3. The highest BCUT2D eigenvalue weighted by Crippen LogP contribution is 2.31. The molecule has 1 aliphatic heterocycles. The number of aromatic nitrogens is 1. The number of amides is 3. The minimum atomic E-state index is -0.127. The molecule has 182 valence electrons. The van der Waals surface area contributed by atoms with Crippen LogP contribution in [-0.2, 0) is 11.2 Å². The molecule has 8 heteroatoms. The van der Waals surface area contributed by atoms with Crippen LogP contribution in [0.4, 0.5) is 10.5 Å². The fraction of sp³-hybridized carbons (Fsp3) is 0.500. The van der Waals surface area contributed by atoms with E-state index in [0.717, 1.165) is 36.4 Å². The van der Waals surface area contributed by atoms with Crippen LogP contribution in [0.15, 0.2) is 48.7 Å². The fourth-order valence-electron chi connectivity index (χ4n) is 5.00. The number of carbonyl (C=O) groups is 2. The summed E-state index contributed by atoms with van der Waals surface area (Å²) in [6.45, 7) is 3.19. The molecule has 0 bridgehead atoms. The normalized spacial score (nSPS) is 17.9. The van der Waals surface area contributed by atoms with Crippen LogP contribution in [0.1, 0.15) is 31.4 Å². The van der Waals surface area contributed by atoms with Gasteiger partial charge in [0, 0.05) is 56.7 Å². The monoisotopic (exact) mass is 465 g/mol. The topological polar surface area (TPSA) is 86.8 Å². The predicted octanol–water partition coefficient (Wildman–Crippen LogP) is 3.16. The van der Waals surface area contributed by atoms with E-state index in [1.54, 1.807) is 13.3 Å². The zero-order valence-electron chi connectivity index (χ0n) is 19.9. The van der Waals surface area contributed by atoms with E-state index >= 15 is 0 Å². The number of pyridine rings is 1. The summed E-state index contributed by atoms with van der Waals surface area (Å²) in [5.74, 6) is 1.25. The summed E-state index contributed by atoms with van der Waals surface area (Å²) >= 11 is 0. The second kappa shape index (κ2) is 11.8. The van der Waals surface area contributed by atoms with Crippen molar-refractivity contribution in [2.24, 2.45) is 5.92 Å². The largest absolute Gasteiger partial charge is 0.497 e. The highest BCUT2D eigenvalue weighted by molar-refractivity contribution is 5.89. The summed E-state index contributed by atoms with van der Waals surface area (Å²) in [5.41, 5.74) is 1.72. The number of rotatable bonds is 8. The van der Waals surface area contributed by atoms with Gasteiger partial charge in [0.05, 0.1) is 13.2 Å². The van der Waals surface area contributed by atoms with E-state index in [4.69, 9.17) is 4.74 Å². The summed E-state index contributed by atoms with van der Waals surface area (Å²) in [6.07, 6.45) is 7.07. The van der Waals surface area contributed by atoms with Gasteiger partial charge in [-0.1, -0.05) is 18.9 Å². The van der Waals surface area contributed by atoms with Crippen LogP contribution in [0, 0.1) is 5.92 Å². The summed E-state index contributed by atoms with van der Waals surface area (Å²) < 4.78 is 5.17. The Balaban J connectivity index is 1.30. The Bertz CT molecular complexity index is 923. The van der Waals surface area contributed by atoms with Crippen LogP contribution in [0.25, 0.3) is 0 Å². The molecule has 4 rings (SSSR count). The molecule has 1 atom stereocenters. The van der Waals surface area contributed by atoms with Gasteiger partial charge in [-0.05, 0) is 55.2 Å². The minimum absolute atomic E-state index is 0.109. The Morgan fingerprint density at radius 1 is 1.06 bits per heavy atom. The molecule has 34 heavy (non-hydrogen) atoms. The van der Waals surface area contributed by atoms with E-state index in [1.165, 1.54) is 12.8 Å². The van der Waals surface area contributed by atoms with Gasteiger partial charge in [0.2, 0.25) is 5.91 Å². The number of piperazine rings is 1. The molecule has 0 radical (unpaired) electrons. The maximum Gasteiger partial charge on any atom is 0.321 e. The van der Waals surface area contributed by atoms with Gasteiger partial charge in [0.15, 0.2) is 0 Å². The van der Waals surface area contributed by atoms with Crippen molar-refractivity contribution < 1.29 is 14.3 Å². The number of carbonyl (C=O) groups excluding carboxylic acids is 2. The van der Waals surface area contributed by atoms with Crippen LogP contribution < -0.4 is 15.4 Å². The smallest absolute Gasteiger partial charge is 0.321 e. The lowest BCUT2D eigenvalue weighted by Crippen LogP contribution is -2.58. The number of nitrogens with one attached hydrogen (secondary N) is 2. The first-order chi connectivity index (χ1) is 16.6. The number of urea groups is 1. The van der Waals surface area contributed by atoms with Crippen LogP contribution >= 0.6 is 0 Å². The van der Waals surface area contributed by atoms with Crippen molar-refractivity contribution in [2.45, 2.75) is 38.1 Å². The van der Waals surface area contributed by atoms with Gasteiger partial charge in [-0.25, -0.2) is 4.79 Å². The number of hydrogen-bond donors (Lipinski definition) is 2. The van der Waals surface area contributed by atoms with E-state index < -0.39 is 0 Å². The van der Waals surface area contributed by atoms with Crippen molar-refractivity contribution in [3.8, 4) is 5.75 Å². The summed E-state index contributed by atoms with van der Waals surface area (Å²) in [4.78, 5) is 34.4. The van der Waals surface area contributed by atoms with Crippen LogP contribution in [-0.4, -0.2) is 72.6 Å². The number of hydrogen-bond acceptors (Lipinski definition) is 5. The van der Waals surface area contributed by atoms with Gasteiger partial charge in [-0.15, -0.1) is 0 Å². The van der Waals surface area contributed by atoms with Crippen LogP contribution in [0.3, 0.4) is 0 Å². The molecule has 2 N–H and O–H groups in total. The highest BCUT2D eigenvalue weighted by atomic mass is 16.5. The average molecular weight is 466 g/mol. The summed E-state index contributed by atoms with van der Waals surface area (Å²) in [5, 5.41) is 6.11. The maximum absolute atomic E-state index is 13.3. The van der Waals surface area contributed by atoms with Crippen molar-refractivity contribution in [3.63, 3.8) is 0 Å². The Morgan fingerprint density at radius 2 is 1.79 bits per heavy atom. The SMILES string of the molecule is COc1ccc(NC(=O)N2CCN([C@H](C(=O)NCCc3ccccn3)C3CCCC3)CC2)cc1. The Kier molecular flexibility index (Phi) is 8.36. The number of anilines is 1. The molecule has 8 nitrogen and oxygen atoms in total. The lowest BCUT2D eigenvalue weighted by Gasteiger charge is -2.40. The lowest BCUT2D eigenvalue weighted by atomic mass is 9.95. The van der Waals surface area contributed by atoms with Gasteiger partial charge >= 0.3 is 6.03 Å². The third kappa shape index (κ3) is 6.26. The molecule has 1 aliphatic carbocycles. The van der Waals surface area contributed by atoms with Crippen LogP contribution in [0.2, 0.25) is 0 Å². The van der Waals surface area contributed by atoms with E-state index in [1.807, 2.05) is 47.4 Å². The summed E-state index contributed by atoms with van der Waals surface area (Å²) in [7, 11) is 1.62. The molecular formula is C26H35N5O3. The van der Waals surface area contributed by atoms with Crippen molar-refractivity contribution >= 4 is 17.6 Å². The molecule has 2 aliphatic rings. The van der Waals surface area contributed by atoms with E-state index in [0.29, 0.717) is 38.6 Å². The first kappa shape index (κ1) is 24.0. The maximum atomic E-state index is 13.3. The predicted molar refractivity (Wildman–Crippen MR) is 132 cm³/mol. The van der Waals surface area contributed by atoms with Gasteiger partial charge in [0.1, 0.15) is 5.75 Å². The molecule has 2 aromatic rings. The number of methoxy groups -OCH3 is 1. The Labute approximate surface area is 201 Å². The Morgan fingerprint density at radius 3 is 2.44 bits per heavy atom. The second-order valence-electron chi connectivity index (χ2n) is 9.03. The molecule has 1 aromatic carbocycles. The first-order valence-electron chi connectivity index (χ1n) is 12.3. The first-order valence-corrected chi connectivity index (χ1v) is 12.3. The molecule has 1 saturated carbocycles. The Hall–Kier alpha value is -3.13. The third-order valence-electron chi connectivity index (χ3n) is 6.86. The van der Waals surface area contributed by atoms with Gasteiger partial charge in [-0.2, -0.15) is 0 Å². The number of benzene rings is 1. The van der Waals surface area contributed by atoms with E-state index in [-0.39, 0.29) is 18.0 Å². The molecule has 3 amide bonds. The molecule has 0 spiro atoms. The van der Waals surface area contributed by atoms with Crippen molar-refractivity contribution in [1.29, 1.82) is 0 Å². The molecule has 1 saturated heterocycles. The van der Waals surface area contributed by atoms with Crippen molar-refractivity contribution in [1.82, 2.24) is 20.1 Å². The molecular weight excluding hydrogens is 430 g/mol. The zero-order chi connectivity index (χ0) is 23.8. The quantitative estimate of drug-likeness (QED) is 0.625. The average Bonchev–Trinajstić information content (AvgIpc) is 3.40. The minimum Gasteiger partial charge on any atom is -0.497 e. The molecule has 2 fully saturated rings. The standard InChI is InChI=1S/C26H35N5O3/c1-34-23-11-9-22(10-12-23)29-26(33)31-18-16-30(17-19-31)24(20-6-2-3-7-20)25(32)28-15-13-21-8-4-5-14-27-21/h4-5,8-12,14,20,24H,2-3,6-7,13,15-19H2,1H3,(H,28,32)(H,29,33)/t24-/m0/s1. The highest BCUT2D eigenvalue weighted by Gasteiger charge is 2.37. The fourth-order valence-corrected chi connectivity index (χ4v) is 5.00. The molecule has 1 aromatic heterocycles. The van der Waals surface area contributed by atoms with Crippen LogP contribution in [0.5, 0.6) is 5.75 Å². The molecule has 0 unspecified atom stereocenters. The van der Waals surface area contributed by atoms with E-state index in [2.05, 4.69) is 20.5 Å².